The predicted octanol–water partition coefficient (Wildman–Crippen LogP) is 5.92. The van der Waals surface area contributed by atoms with Gasteiger partial charge >= 0.3 is 0 Å². The maximum absolute atomic E-state index is 13.4. The minimum atomic E-state index is -0.876. The highest BCUT2D eigenvalue weighted by Gasteiger charge is 2.14. The van der Waals surface area contributed by atoms with Crippen molar-refractivity contribution in [2.24, 2.45) is 4.99 Å². The van der Waals surface area contributed by atoms with Crippen molar-refractivity contribution in [2.75, 3.05) is 25.0 Å². The lowest BCUT2D eigenvalue weighted by molar-refractivity contribution is 0.304. The Morgan fingerprint density at radius 1 is 0.968 bits per heavy atom. The number of ether oxygens (including phenoxy) is 1. The van der Waals surface area contributed by atoms with Gasteiger partial charge in [-0.15, -0.1) is 12.4 Å². The Balaban J connectivity index is 0.00000272. The van der Waals surface area contributed by atoms with Crippen LogP contribution in [0.4, 0.5) is 14.5 Å². The highest BCUT2D eigenvalue weighted by atomic mass is 35.5. The average Bonchev–Trinajstić information content (AvgIpc) is 2.92. The Morgan fingerprint density at radius 2 is 1.74 bits per heavy atom. The molecule has 4 rings (SSSR count). The molecule has 160 valence electrons. The summed E-state index contributed by atoms with van der Waals surface area (Å²) in [6, 6.07) is 19.6. The number of hydrogen-bond donors (Lipinski definition) is 0. The molecule has 1 aliphatic heterocycles. The summed E-state index contributed by atoms with van der Waals surface area (Å²) < 4.78 is 32.4. The van der Waals surface area contributed by atoms with E-state index in [1.54, 1.807) is 0 Å². The third-order valence-electron chi connectivity index (χ3n) is 5.03. The number of fused-ring (bicyclic) bond motifs is 1. The monoisotopic (exact) mass is 440 g/mol. The molecule has 0 radical (unpaired) electrons. The molecular weight excluding hydrogens is 418 g/mol. The first-order chi connectivity index (χ1) is 14.6. The Morgan fingerprint density at radius 3 is 2.58 bits per heavy atom. The number of likely N-dealkylation sites (N-methyl/N-ethyl adjacent to an activating group) is 1. The molecule has 0 bridgehead atoms. The van der Waals surface area contributed by atoms with E-state index in [1.807, 2.05) is 48.6 Å². The number of nitrogens with zero attached hydrogens (tertiary/aromatic N) is 2. The second-order valence-electron chi connectivity index (χ2n) is 7.11. The molecule has 3 aromatic rings. The average molecular weight is 441 g/mol. The molecule has 0 amide bonds. The lowest BCUT2D eigenvalue weighted by Crippen LogP contribution is -2.20. The van der Waals surface area contributed by atoms with E-state index in [2.05, 4.69) is 24.1 Å². The summed E-state index contributed by atoms with van der Waals surface area (Å²) >= 11 is 0. The van der Waals surface area contributed by atoms with Crippen LogP contribution in [0.2, 0.25) is 0 Å². The third kappa shape index (κ3) is 5.30. The van der Waals surface area contributed by atoms with Gasteiger partial charge < -0.3 is 9.64 Å². The molecule has 0 fully saturated rings. The van der Waals surface area contributed by atoms with Gasteiger partial charge in [-0.25, -0.2) is 8.78 Å². The number of allylic oxidation sites excluding steroid dienone is 1. The van der Waals surface area contributed by atoms with Crippen molar-refractivity contribution in [3.63, 3.8) is 0 Å². The lowest BCUT2D eigenvalue weighted by Gasteiger charge is -2.18. The Labute approximate surface area is 187 Å². The molecule has 0 spiro atoms. The molecule has 1 heterocycles. The van der Waals surface area contributed by atoms with Crippen molar-refractivity contribution < 1.29 is 13.5 Å². The van der Waals surface area contributed by atoms with Gasteiger partial charge in [0.15, 0.2) is 11.6 Å². The van der Waals surface area contributed by atoms with Crippen LogP contribution >= 0.6 is 12.4 Å². The molecule has 0 atom stereocenters. The standard InChI is InChI=1S/C25H22F2N2O.ClH/c1-29-15-14-28-23(20-7-3-4-8-24(20)29)13-11-19-6-2-5-9-25(19)30-17-18-10-12-21(26)22(27)16-18;/h2-13,16H,14-15,17H2,1H3;1H/b13-11+;. The van der Waals surface area contributed by atoms with Gasteiger partial charge in [0.25, 0.3) is 0 Å². The number of rotatable bonds is 5. The minimum absolute atomic E-state index is 0. The normalized spacial score (nSPS) is 13.3. The molecule has 0 aromatic heterocycles. The zero-order valence-electron chi connectivity index (χ0n) is 17.1. The van der Waals surface area contributed by atoms with Gasteiger partial charge in [0, 0.05) is 30.4 Å². The first-order valence-corrected chi connectivity index (χ1v) is 9.80. The summed E-state index contributed by atoms with van der Waals surface area (Å²) in [7, 11) is 2.07. The van der Waals surface area contributed by atoms with Crippen molar-refractivity contribution in [3.05, 3.63) is 101 Å². The van der Waals surface area contributed by atoms with Gasteiger partial charge in [0.2, 0.25) is 0 Å². The fourth-order valence-electron chi connectivity index (χ4n) is 3.40. The van der Waals surface area contributed by atoms with Crippen LogP contribution in [0.3, 0.4) is 0 Å². The topological polar surface area (TPSA) is 24.8 Å². The molecule has 0 saturated heterocycles. The summed E-state index contributed by atoms with van der Waals surface area (Å²) in [5.41, 5.74) is 4.62. The van der Waals surface area contributed by atoms with E-state index in [9.17, 15) is 8.78 Å². The van der Waals surface area contributed by atoms with E-state index < -0.39 is 11.6 Å². The molecule has 0 aliphatic carbocycles. The van der Waals surface area contributed by atoms with Gasteiger partial charge in [0.05, 0.1) is 12.3 Å². The molecule has 3 aromatic carbocycles. The summed E-state index contributed by atoms with van der Waals surface area (Å²) in [4.78, 5) is 6.95. The van der Waals surface area contributed by atoms with E-state index in [-0.39, 0.29) is 19.0 Å². The van der Waals surface area contributed by atoms with Crippen LogP contribution in [0.5, 0.6) is 5.75 Å². The number of anilines is 1. The molecule has 1 aliphatic rings. The van der Waals surface area contributed by atoms with Gasteiger partial charge in [0.1, 0.15) is 12.4 Å². The minimum Gasteiger partial charge on any atom is -0.488 e. The van der Waals surface area contributed by atoms with Crippen LogP contribution in [0, 0.1) is 11.6 Å². The van der Waals surface area contributed by atoms with E-state index in [4.69, 9.17) is 9.73 Å². The SMILES string of the molecule is CN1CCN=C(/C=C/c2ccccc2OCc2ccc(F)c(F)c2)c2ccccc21.Cl. The van der Waals surface area contributed by atoms with Crippen LogP contribution in [0.1, 0.15) is 16.7 Å². The number of aliphatic imine (C=N–C) groups is 1. The Kier molecular flexibility index (Phi) is 7.42. The number of para-hydroxylation sites is 2. The molecule has 0 unspecified atom stereocenters. The van der Waals surface area contributed by atoms with Crippen LogP contribution in [-0.4, -0.2) is 25.8 Å². The summed E-state index contributed by atoms with van der Waals surface area (Å²) in [5, 5.41) is 0. The summed E-state index contributed by atoms with van der Waals surface area (Å²) in [6.45, 7) is 1.73. The number of benzene rings is 3. The smallest absolute Gasteiger partial charge is 0.159 e. The Hall–Kier alpha value is -3.18. The van der Waals surface area contributed by atoms with Crippen molar-refractivity contribution in [2.45, 2.75) is 6.61 Å². The van der Waals surface area contributed by atoms with Crippen LogP contribution < -0.4 is 9.64 Å². The van der Waals surface area contributed by atoms with Crippen LogP contribution in [-0.2, 0) is 6.61 Å². The fourth-order valence-corrected chi connectivity index (χ4v) is 3.40. The van der Waals surface area contributed by atoms with E-state index >= 15 is 0 Å². The van der Waals surface area contributed by atoms with E-state index in [1.165, 1.54) is 6.07 Å². The molecular formula is C25H23ClF2N2O. The Bertz CT molecular complexity index is 1110. The molecule has 0 saturated carbocycles. The van der Waals surface area contributed by atoms with E-state index in [0.29, 0.717) is 11.3 Å². The fraction of sp³-hybridized carbons (Fsp3) is 0.160. The molecule has 3 nitrogen and oxygen atoms in total. The molecule has 0 N–H and O–H groups in total. The molecule has 6 heteroatoms. The highest BCUT2D eigenvalue weighted by Crippen LogP contribution is 2.25. The van der Waals surface area contributed by atoms with Crippen LogP contribution in [0.25, 0.3) is 6.08 Å². The van der Waals surface area contributed by atoms with Crippen molar-refractivity contribution >= 4 is 29.9 Å². The number of hydrogen-bond acceptors (Lipinski definition) is 3. The zero-order chi connectivity index (χ0) is 20.9. The van der Waals surface area contributed by atoms with Crippen LogP contribution in [0.15, 0.2) is 77.8 Å². The van der Waals surface area contributed by atoms with Crippen molar-refractivity contribution in [1.82, 2.24) is 0 Å². The second kappa shape index (κ2) is 10.2. The zero-order valence-corrected chi connectivity index (χ0v) is 17.9. The summed E-state index contributed by atoms with van der Waals surface area (Å²) in [5.74, 6) is -1.07. The van der Waals surface area contributed by atoms with Gasteiger partial charge in [-0.05, 0) is 42.0 Å². The first kappa shape index (κ1) is 22.5. The number of halogens is 3. The highest BCUT2D eigenvalue weighted by molar-refractivity contribution is 6.14. The van der Waals surface area contributed by atoms with E-state index in [0.717, 1.165) is 47.7 Å². The lowest BCUT2D eigenvalue weighted by atomic mass is 10.1. The number of benzodiazepines with no additional fused rings is 1. The van der Waals surface area contributed by atoms with Gasteiger partial charge in [-0.3, -0.25) is 4.99 Å². The summed E-state index contributed by atoms with van der Waals surface area (Å²) in [6.07, 6.45) is 3.97. The van der Waals surface area contributed by atoms with Crippen molar-refractivity contribution in [3.8, 4) is 5.75 Å². The maximum atomic E-state index is 13.4. The largest absolute Gasteiger partial charge is 0.488 e. The molecule has 31 heavy (non-hydrogen) atoms. The first-order valence-electron chi connectivity index (χ1n) is 9.80. The predicted molar refractivity (Wildman–Crippen MR) is 125 cm³/mol. The third-order valence-corrected chi connectivity index (χ3v) is 5.03. The maximum Gasteiger partial charge on any atom is 0.159 e. The van der Waals surface area contributed by atoms with Gasteiger partial charge in [-0.1, -0.05) is 42.5 Å². The quantitative estimate of drug-likeness (QED) is 0.492. The van der Waals surface area contributed by atoms with Gasteiger partial charge in [-0.2, -0.15) is 0 Å². The second-order valence-corrected chi connectivity index (χ2v) is 7.11. The van der Waals surface area contributed by atoms with Crippen molar-refractivity contribution in [1.29, 1.82) is 0 Å².